The van der Waals surface area contributed by atoms with Crippen LogP contribution in [0.2, 0.25) is 0 Å². The summed E-state index contributed by atoms with van der Waals surface area (Å²) in [5.74, 6) is 0.442. The van der Waals surface area contributed by atoms with E-state index >= 15 is 0 Å². The molecular weight excluding hydrogens is 176 g/mol. The van der Waals surface area contributed by atoms with Crippen molar-refractivity contribution in [2.24, 2.45) is 11.3 Å². The number of nitrogens with one attached hydrogen (secondary N) is 1. The van der Waals surface area contributed by atoms with Crippen molar-refractivity contribution in [3.05, 3.63) is 0 Å². The molecule has 1 rings (SSSR count). The van der Waals surface area contributed by atoms with Crippen molar-refractivity contribution in [3.63, 3.8) is 0 Å². The molecule has 0 unspecified atom stereocenters. The molecule has 0 saturated heterocycles. The second-order valence-electron chi connectivity index (χ2n) is 4.75. The van der Waals surface area contributed by atoms with Crippen molar-refractivity contribution in [2.75, 3.05) is 13.2 Å². The first-order valence-corrected chi connectivity index (χ1v) is 5.35. The topological polar surface area (TPSA) is 56.0 Å². The minimum atomic E-state index is 0.172. The Morgan fingerprint density at radius 3 is 2.50 bits per heavy atom. The Balaban J connectivity index is 2.29. The van der Waals surface area contributed by atoms with Crippen LogP contribution < -0.4 is 5.32 Å². The normalized spacial score (nSPS) is 20.5. The molecule has 1 fully saturated rings. The number of nitrogens with zero attached hydrogens (tertiary/aromatic N) is 1. The van der Waals surface area contributed by atoms with Crippen LogP contribution in [0.4, 0.5) is 0 Å². The molecule has 80 valence electrons. The molecule has 0 radical (unpaired) electrons. The lowest BCUT2D eigenvalue weighted by Crippen LogP contribution is -2.40. The summed E-state index contributed by atoms with van der Waals surface area (Å²) in [5.41, 5.74) is 0.233. The van der Waals surface area contributed by atoms with E-state index in [9.17, 15) is 0 Å². The van der Waals surface area contributed by atoms with Gasteiger partial charge in [-0.25, -0.2) is 0 Å². The first-order chi connectivity index (χ1) is 6.63. The van der Waals surface area contributed by atoms with Gasteiger partial charge in [0.1, 0.15) is 0 Å². The zero-order valence-electron chi connectivity index (χ0n) is 9.08. The molecule has 3 nitrogen and oxygen atoms in total. The lowest BCUT2D eigenvalue weighted by molar-refractivity contribution is 0.203. The van der Waals surface area contributed by atoms with Crippen LogP contribution in [0.25, 0.3) is 0 Å². The highest BCUT2D eigenvalue weighted by Crippen LogP contribution is 2.47. The third-order valence-corrected chi connectivity index (χ3v) is 3.15. The minimum absolute atomic E-state index is 0.172. The zero-order chi connectivity index (χ0) is 10.6. The molecule has 0 heterocycles. The van der Waals surface area contributed by atoms with Crippen molar-refractivity contribution >= 4 is 0 Å². The van der Waals surface area contributed by atoms with E-state index in [2.05, 4.69) is 25.2 Å². The number of hydrogen-bond acceptors (Lipinski definition) is 3. The molecular formula is C11H20N2O. The van der Waals surface area contributed by atoms with Crippen molar-refractivity contribution in [3.8, 4) is 6.07 Å². The Bertz CT molecular complexity index is 216. The SMILES string of the molecule is CC(C)[C@@H](CO)NCC1(CC#N)CC1. The third kappa shape index (κ3) is 2.97. The van der Waals surface area contributed by atoms with Crippen LogP contribution >= 0.6 is 0 Å². The number of hydrogen-bond donors (Lipinski definition) is 2. The fourth-order valence-electron chi connectivity index (χ4n) is 1.62. The molecule has 3 heteroatoms. The Morgan fingerprint density at radius 2 is 2.14 bits per heavy atom. The quantitative estimate of drug-likeness (QED) is 0.673. The van der Waals surface area contributed by atoms with Gasteiger partial charge in [0.2, 0.25) is 0 Å². The summed E-state index contributed by atoms with van der Waals surface area (Å²) in [4.78, 5) is 0. The van der Waals surface area contributed by atoms with Crippen LogP contribution in [0, 0.1) is 22.7 Å². The summed E-state index contributed by atoms with van der Waals surface area (Å²) in [7, 11) is 0. The van der Waals surface area contributed by atoms with E-state index in [0.29, 0.717) is 12.3 Å². The summed E-state index contributed by atoms with van der Waals surface area (Å²) >= 11 is 0. The van der Waals surface area contributed by atoms with Crippen LogP contribution in [0.5, 0.6) is 0 Å². The second kappa shape index (κ2) is 4.77. The van der Waals surface area contributed by atoms with Gasteiger partial charge in [0.15, 0.2) is 0 Å². The van der Waals surface area contributed by atoms with Crippen LogP contribution in [0.1, 0.15) is 33.1 Å². The highest BCUT2D eigenvalue weighted by Gasteiger charge is 2.42. The van der Waals surface area contributed by atoms with Gasteiger partial charge in [-0.2, -0.15) is 5.26 Å². The first-order valence-electron chi connectivity index (χ1n) is 5.35. The smallest absolute Gasteiger partial charge is 0.0628 e. The molecule has 1 aliphatic carbocycles. The van der Waals surface area contributed by atoms with Crippen LogP contribution in [0.3, 0.4) is 0 Å². The number of aliphatic hydroxyl groups excluding tert-OH is 1. The van der Waals surface area contributed by atoms with E-state index in [0.717, 1.165) is 19.4 Å². The molecule has 0 aromatic carbocycles. The number of nitriles is 1. The fraction of sp³-hybridized carbons (Fsp3) is 0.909. The summed E-state index contributed by atoms with van der Waals surface area (Å²) in [6.07, 6.45) is 2.96. The Hall–Kier alpha value is -0.590. The molecule has 0 aromatic heterocycles. The number of rotatable bonds is 6. The van der Waals surface area contributed by atoms with Crippen molar-refractivity contribution in [1.82, 2.24) is 5.32 Å². The third-order valence-electron chi connectivity index (χ3n) is 3.15. The van der Waals surface area contributed by atoms with Crippen LogP contribution in [0.15, 0.2) is 0 Å². The van der Waals surface area contributed by atoms with E-state index in [-0.39, 0.29) is 18.1 Å². The maximum atomic E-state index is 9.12. The average molecular weight is 196 g/mol. The zero-order valence-corrected chi connectivity index (χ0v) is 9.08. The van der Waals surface area contributed by atoms with Gasteiger partial charge < -0.3 is 10.4 Å². The molecule has 0 amide bonds. The van der Waals surface area contributed by atoms with Crippen LogP contribution in [-0.2, 0) is 0 Å². The van der Waals surface area contributed by atoms with E-state index in [1.165, 1.54) is 0 Å². The fourth-order valence-corrected chi connectivity index (χ4v) is 1.62. The first kappa shape index (κ1) is 11.5. The molecule has 1 aliphatic rings. The van der Waals surface area contributed by atoms with Gasteiger partial charge in [0.05, 0.1) is 12.7 Å². The Morgan fingerprint density at radius 1 is 1.50 bits per heavy atom. The summed E-state index contributed by atoms with van der Waals surface area (Å²) in [6.45, 7) is 5.25. The molecule has 1 saturated carbocycles. The van der Waals surface area contributed by atoms with Crippen molar-refractivity contribution in [1.29, 1.82) is 5.26 Å². The van der Waals surface area contributed by atoms with Gasteiger partial charge in [0, 0.05) is 19.0 Å². The van der Waals surface area contributed by atoms with E-state index in [1.807, 2.05) is 0 Å². The molecule has 14 heavy (non-hydrogen) atoms. The molecule has 1 atom stereocenters. The van der Waals surface area contributed by atoms with Gasteiger partial charge >= 0.3 is 0 Å². The monoisotopic (exact) mass is 196 g/mol. The standard InChI is InChI=1S/C11H20N2O/c1-9(2)10(7-14)13-8-11(3-4-11)5-6-12/h9-10,13-14H,3-5,7-8H2,1-2H3/t10-/m1/s1. The minimum Gasteiger partial charge on any atom is -0.395 e. The van der Waals surface area contributed by atoms with E-state index in [1.54, 1.807) is 0 Å². The van der Waals surface area contributed by atoms with E-state index in [4.69, 9.17) is 10.4 Å². The van der Waals surface area contributed by atoms with Gasteiger partial charge in [-0.1, -0.05) is 13.8 Å². The highest BCUT2D eigenvalue weighted by molar-refractivity contribution is 5.01. The predicted octanol–water partition coefficient (Wildman–Crippen LogP) is 1.29. The largest absolute Gasteiger partial charge is 0.395 e. The van der Waals surface area contributed by atoms with Gasteiger partial charge in [-0.15, -0.1) is 0 Å². The Labute approximate surface area is 86.1 Å². The Kier molecular flexibility index (Phi) is 3.91. The van der Waals surface area contributed by atoms with Gasteiger partial charge in [-0.05, 0) is 24.2 Å². The maximum Gasteiger partial charge on any atom is 0.0628 e. The predicted molar refractivity (Wildman–Crippen MR) is 55.6 cm³/mol. The molecule has 0 spiro atoms. The molecule has 0 aromatic rings. The number of aliphatic hydroxyl groups is 1. The lowest BCUT2D eigenvalue weighted by Gasteiger charge is -2.22. The van der Waals surface area contributed by atoms with E-state index < -0.39 is 0 Å². The summed E-state index contributed by atoms with van der Waals surface area (Å²) in [6, 6.07) is 2.41. The lowest BCUT2D eigenvalue weighted by atomic mass is 10.0. The highest BCUT2D eigenvalue weighted by atomic mass is 16.3. The molecule has 0 aliphatic heterocycles. The summed E-state index contributed by atoms with van der Waals surface area (Å²) in [5, 5.41) is 21.1. The van der Waals surface area contributed by atoms with Crippen molar-refractivity contribution in [2.45, 2.75) is 39.2 Å². The molecule has 0 bridgehead atoms. The molecule has 2 N–H and O–H groups in total. The van der Waals surface area contributed by atoms with Crippen molar-refractivity contribution < 1.29 is 5.11 Å². The van der Waals surface area contributed by atoms with Gasteiger partial charge in [0.25, 0.3) is 0 Å². The summed E-state index contributed by atoms with van der Waals surface area (Å²) < 4.78 is 0. The average Bonchev–Trinajstić information content (AvgIpc) is 2.86. The second-order valence-corrected chi connectivity index (χ2v) is 4.75. The maximum absolute atomic E-state index is 9.12. The van der Waals surface area contributed by atoms with Gasteiger partial charge in [-0.3, -0.25) is 0 Å². The van der Waals surface area contributed by atoms with Crippen LogP contribution in [-0.4, -0.2) is 24.3 Å².